The molecule has 3 heteroatoms. The number of rotatable bonds is 10. The first-order valence-corrected chi connectivity index (χ1v) is 11.5. The lowest BCUT2D eigenvalue weighted by molar-refractivity contribution is 0.0963. The maximum atomic E-state index is 12.1. The number of amides is 1. The smallest absolute Gasteiger partial charge is 0.251 e. The monoisotopic (exact) mass is 409 g/mol. The third kappa shape index (κ3) is 6.17. The molecule has 2 aromatic rings. The summed E-state index contributed by atoms with van der Waals surface area (Å²) in [5.41, 5.74) is 5.20. The topological polar surface area (TPSA) is 29.1 Å². The molecule has 0 spiro atoms. The van der Waals surface area contributed by atoms with Crippen molar-refractivity contribution in [2.24, 2.45) is 0 Å². The molecule has 0 fully saturated rings. The zero-order valence-corrected chi connectivity index (χ0v) is 19.4. The molecule has 156 valence electrons. The van der Waals surface area contributed by atoms with E-state index in [9.17, 15) is 4.79 Å². The van der Waals surface area contributed by atoms with Gasteiger partial charge in [-0.15, -0.1) is 11.3 Å². The molecule has 0 saturated heterocycles. The Labute approximate surface area is 180 Å². The summed E-state index contributed by atoms with van der Waals surface area (Å²) in [5, 5.41) is 4.98. The molecular formula is C26H35NOS. The summed E-state index contributed by atoms with van der Waals surface area (Å²) in [4.78, 5) is 13.3. The molecule has 0 bridgehead atoms. The summed E-state index contributed by atoms with van der Waals surface area (Å²) < 4.78 is 0. The minimum Gasteiger partial charge on any atom is -0.355 e. The molecule has 2 nitrogen and oxygen atoms in total. The molecule has 0 aliphatic heterocycles. The first-order chi connectivity index (χ1) is 13.8. The van der Waals surface area contributed by atoms with Crippen LogP contribution in [-0.2, 0) is 11.8 Å². The number of carbonyl (C=O) groups is 1. The van der Waals surface area contributed by atoms with E-state index < -0.39 is 0 Å². The third-order valence-electron chi connectivity index (χ3n) is 5.64. The van der Waals surface area contributed by atoms with Crippen molar-refractivity contribution in [3.63, 3.8) is 0 Å². The molecule has 1 heterocycles. The molecule has 0 saturated carbocycles. The van der Waals surface area contributed by atoms with Crippen molar-refractivity contribution in [1.82, 2.24) is 5.32 Å². The zero-order valence-electron chi connectivity index (χ0n) is 18.6. The lowest BCUT2D eigenvalue weighted by atomic mass is 9.75. The summed E-state index contributed by atoms with van der Waals surface area (Å²) in [6.07, 6.45) is 10.7. The van der Waals surface area contributed by atoms with Crippen molar-refractivity contribution >= 4 is 23.3 Å². The van der Waals surface area contributed by atoms with Crippen LogP contribution < -0.4 is 5.32 Å². The molecule has 1 amide bonds. The van der Waals surface area contributed by atoms with Gasteiger partial charge in [0.2, 0.25) is 0 Å². The first kappa shape index (κ1) is 23.2. The minimum atomic E-state index is -0.259. The van der Waals surface area contributed by atoms with Gasteiger partial charge in [0.1, 0.15) is 0 Å². The highest BCUT2D eigenvalue weighted by Crippen LogP contribution is 2.34. The largest absolute Gasteiger partial charge is 0.355 e. The Bertz CT molecular complexity index is 873. The molecular weight excluding hydrogens is 374 g/mol. The predicted octanol–water partition coefficient (Wildman–Crippen LogP) is 7.09. The van der Waals surface area contributed by atoms with Gasteiger partial charge in [0.05, 0.1) is 0 Å². The van der Waals surface area contributed by atoms with Gasteiger partial charge in [-0.05, 0) is 71.7 Å². The minimum absolute atomic E-state index is 0.0618. The van der Waals surface area contributed by atoms with E-state index in [4.69, 9.17) is 0 Å². The van der Waals surface area contributed by atoms with Crippen LogP contribution in [0.25, 0.3) is 6.08 Å². The average Bonchev–Trinajstić information content (AvgIpc) is 3.16. The quantitative estimate of drug-likeness (QED) is 0.329. The van der Waals surface area contributed by atoms with Gasteiger partial charge in [-0.3, -0.25) is 4.79 Å². The second kappa shape index (κ2) is 10.6. The second-order valence-electron chi connectivity index (χ2n) is 8.26. The number of thiophene rings is 1. The van der Waals surface area contributed by atoms with E-state index in [-0.39, 0.29) is 11.3 Å². The lowest BCUT2D eigenvalue weighted by Crippen LogP contribution is -2.23. The standard InChI is InChI=1S/C26H35NOS/c1-7-8-9-10-11-21-16-23(29-18-21)15-13-20(3)26(4,5)24-17-22(25(28)27-6)14-12-19(24)2/h12-18H,3,7-11H2,1-2,4-6H3,(H,27,28)/b15-13+. The van der Waals surface area contributed by atoms with Crippen LogP contribution in [0.4, 0.5) is 0 Å². The number of benzene rings is 1. The zero-order chi connectivity index (χ0) is 21.4. The van der Waals surface area contributed by atoms with Crippen LogP contribution in [0.3, 0.4) is 0 Å². The molecule has 1 aromatic carbocycles. The molecule has 0 aliphatic carbocycles. The molecule has 0 aliphatic rings. The number of allylic oxidation sites excluding steroid dienone is 2. The maximum absolute atomic E-state index is 12.1. The van der Waals surface area contributed by atoms with Crippen molar-refractivity contribution in [2.45, 2.75) is 65.2 Å². The summed E-state index contributed by atoms with van der Waals surface area (Å²) in [5.74, 6) is -0.0618. The normalized spacial score (nSPS) is 11.8. The summed E-state index contributed by atoms with van der Waals surface area (Å²) in [7, 11) is 1.66. The Balaban J connectivity index is 2.11. The van der Waals surface area contributed by atoms with Crippen LogP contribution in [0.1, 0.15) is 78.4 Å². The highest BCUT2D eigenvalue weighted by atomic mass is 32.1. The highest BCUT2D eigenvalue weighted by molar-refractivity contribution is 7.11. The third-order valence-corrected chi connectivity index (χ3v) is 6.59. The molecule has 0 atom stereocenters. The Morgan fingerprint density at radius 2 is 1.97 bits per heavy atom. The number of hydrogen-bond donors (Lipinski definition) is 1. The van der Waals surface area contributed by atoms with E-state index in [0.29, 0.717) is 5.56 Å². The van der Waals surface area contributed by atoms with Gasteiger partial charge in [-0.25, -0.2) is 0 Å². The highest BCUT2D eigenvalue weighted by Gasteiger charge is 2.25. The van der Waals surface area contributed by atoms with Gasteiger partial charge >= 0.3 is 0 Å². The Morgan fingerprint density at radius 1 is 1.21 bits per heavy atom. The Kier molecular flexibility index (Phi) is 8.45. The maximum Gasteiger partial charge on any atom is 0.251 e. The average molecular weight is 410 g/mol. The molecule has 0 radical (unpaired) electrons. The molecule has 29 heavy (non-hydrogen) atoms. The molecule has 1 N–H and O–H groups in total. The van der Waals surface area contributed by atoms with Gasteiger partial charge in [-0.1, -0.05) is 58.8 Å². The van der Waals surface area contributed by atoms with Crippen molar-refractivity contribution < 1.29 is 4.79 Å². The van der Waals surface area contributed by atoms with E-state index in [0.717, 1.165) is 11.1 Å². The number of aryl methyl sites for hydroxylation is 2. The summed E-state index contributed by atoms with van der Waals surface area (Å²) in [6.45, 7) is 13.0. The van der Waals surface area contributed by atoms with Gasteiger partial charge in [0.15, 0.2) is 0 Å². The Morgan fingerprint density at radius 3 is 2.66 bits per heavy atom. The fourth-order valence-electron chi connectivity index (χ4n) is 3.51. The van der Waals surface area contributed by atoms with Crippen LogP contribution in [0, 0.1) is 6.92 Å². The number of hydrogen-bond acceptors (Lipinski definition) is 2. The van der Waals surface area contributed by atoms with Crippen molar-refractivity contribution in [3.05, 3.63) is 75.0 Å². The number of carbonyl (C=O) groups excluding carboxylic acids is 1. The SMILES string of the molecule is C=C(/C=C/c1cc(CCCCCC)cs1)C(C)(C)c1cc(C(=O)NC)ccc1C. The van der Waals surface area contributed by atoms with E-state index in [1.807, 2.05) is 18.2 Å². The molecule has 2 rings (SSSR count). The van der Waals surface area contributed by atoms with Crippen LogP contribution in [0.5, 0.6) is 0 Å². The number of unbranched alkanes of at least 4 members (excludes halogenated alkanes) is 3. The molecule has 0 unspecified atom stereocenters. The second-order valence-corrected chi connectivity index (χ2v) is 9.20. The fourth-order valence-corrected chi connectivity index (χ4v) is 4.35. The van der Waals surface area contributed by atoms with Gasteiger partial charge in [0.25, 0.3) is 5.91 Å². The first-order valence-electron chi connectivity index (χ1n) is 10.6. The van der Waals surface area contributed by atoms with Gasteiger partial charge < -0.3 is 5.32 Å². The van der Waals surface area contributed by atoms with Crippen molar-refractivity contribution in [2.75, 3.05) is 7.05 Å². The van der Waals surface area contributed by atoms with Crippen molar-refractivity contribution in [3.8, 4) is 0 Å². The Hall–Kier alpha value is -2.13. The predicted molar refractivity (Wildman–Crippen MR) is 128 cm³/mol. The number of nitrogens with one attached hydrogen (secondary N) is 1. The van der Waals surface area contributed by atoms with Crippen LogP contribution in [-0.4, -0.2) is 13.0 Å². The lowest BCUT2D eigenvalue weighted by Gasteiger charge is -2.28. The van der Waals surface area contributed by atoms with Gasteiger partial charge in [-0.2, -0.15) is 0 Å². The van der Waals surface area contributed by atoms with E-state index >= 15 is 0 Å². The van der Waals surface area contributed by atoms with Crippen LogP contribution in [0.15, 0.2) is 47.9 Å². The summed E-state index contributed by atoms with van der Waals surface area (Å²) in [6, 6.07) is 8.18. The van der Waals surface area contributed by atoms with Crippen molar-refractivity contribution in [1.29, 1.82) is 0 Å². The van der Waals surface area contributed by atoms with E-state index in [2.05, 4.69) is 63.2 Å². The van der Waals surface area contributed by atoms with E-state index in [1.165, 1.54) is 48.1 Å². The van der Waals surface area contributed by atoms with Gasteiger partial charge in [0, 0.05) is 22.9 Å². The van der Waals surface area contributed by atoms with Crippen LogP contribution >= 0.6 is 11.3 Å². The molecule has 1 aromatic heterocycles. The summed E-state index contributed by atoms with van der Waals surface area (Å²) >= 11 is 1.79. The van der Waals surface area contributed by atoms with Crippen LogP contribution in [0.2, 0.25) is 0 Å². The van der Waals surface area contributed by atoms with E-state index in [1.54, 1.807) is 18.4 Å². The fraction of sp³-hybridized carbons (Fsp3) is 0.423.